The summed E-state index contributed by atoms with van der Waals surface area (Å²) in [6.07, 6.45) is 3.12. The molecule has 0 bridgehead atoms. The summed E-state index contributed by atoms with van der Waals surface area (Å²) in [5, 5.41) is 5.13. The molecule has 2 aromatic rings. The lowest BCUT2D eigenvalue weighted by Crippen LogP contribution is -2.25. The van der Waals surface area contributed by atoms with Crippen molar-refractivity contribution in [2.75, 3.05) is 12.3 Å². The lowest BCUT2D eigenvalue weighted by atomic mass is 10.1. The average Bonchev–Trinajstić information content (AvgIpc) is 2.41. The van der Waals surface area contributed by atoms with Crippen LogP contribution in [0.25, 0.3) is 10.9 Å². The fraction of sp³-hybridized carbons (Fsp3) is 0.308. The van der Waals surface area contributed by atoms with E-state index in [0.29, 0.717) is 5.37 Å². The highest BCUT2D eigenvalue weighted by Gasteiger charge is 2.18. The van der Waals surface area contributed by atoms with Gasteiger partial charge in [0.1, 0.15) is 0 Å². The Bertz CT molecular complexity index is 538. The third-order valence-electron chi connectivity index (χ3n) is 2.97. The molecule has 0 spiro atoms. The molecule has 17 heavy (non-hydrogen) atoms. The highest BCUT2D eigenvalue weighted by atomic mass is 79.9. The summed E-state index contributed by atoms with van der Waals surface area (Å²) in [6.45, 7) is 1.10. The number of aromatic nitrogens is 1. The first-order valence-corrected chi connectivity index (χ1v) is 7.58. The van der Waals surface area contributed by atoms with Gasteiger partial charge in [-0.3, -0.25) is 4.98 Å². The van der Waals surface area contributed by atoms with Crippen molar-refractivity contribution in [3.63, 3.8) is 0 Å². The van der Waals surface area contributed by atoms with Gasteiger partial charge in [-0.15, -0.1) is 11.8 Å². The minimum atomic E-state index is 0.384. The van der Waals surface area contributed by atoms with Crippen LogP contribution < -0.4 is 5.32 Å². The van der Waals surface area contributed by atoms with E-state index >= 15 is 0 Å². The van der Waals surface area contributed by atoms with Gasteiger partial charge in [0, 0.05) is 21.6 Å². The van der Waals surface area contributed by atoms with Crippen molar-refractivity contribution < 1.29 is 0 Å². The topological polar surface area (TPSA) is 24.9 Å². The van der Waals surface area contributed by atoms with Crippen LogP contribution in [0.1, 0.15) is 17.4 Å². The SMILES string of the molecule is Brc1ccc(C2NCCCS2)c2ncccc12. The number of hydrogen-bond acceptors (Lipinski definition) is 3. The van der Waals surface area contributed by atoms with Crippen molar-refractivity contribution in [2.45, 2.75) is 11.8 Å². The van der Waals surface area contributed by atoms with E-state index in [0.717, 1.165) is 16.5 Å². The summed E-state index contributed by atoms with van der Waals surface area (Å²) in [5.74, 6) is 1.22. The second-order valence-electron chi connectivity index (χ2n) is 4.09. The zero-order valence-electron chi connectivity index (χ0n) is 9.32. The molecule has 1 unspecified atom stereocenters. The van der Waals surface area contributed by atoms with Crippen molar-refractivity contribution >= 4 is 38.6 Å². The molecule has 0 amide bonds. The van der Waals surface area contributed by atoms with Gasteiger partial charge in [0.25, 0.3) is 0 Å². The molecule has 1 aliphatic rings. The molecule has 1 saturated heterocycles. The molecular formula is C13H13BrN2S. The van der Waals surface area contributed by atoms with Gasteiger partial charge in [0.05, 0.1) is 10.9 Å². The third kappa shape index (κ3) is 2.21. The van der Waals surface area contributed by atoms with Crippen LogP contribution in [-0.4, -0.2) is 17.3 Å². The number of nitrogens with one attached hydrogen (secondary N) is 1. The Morgan fingerprint density at radius 2 is 2.29 bits per heavy atom. The monoisotopic (exact) mass is 308 g/mol. The van der Waals surface area contributed by atoms with Crippen LogP contribution in [0.15, 0.2) is 34.9 Å². The molecule has 0 aliphatic carbocycles. The van der Waals surface area contributed by atoms with Gasteiger partial charge in [-0.2, -0.15) is 0 Å². The summed E-state index contributed by atoms with van der Waals surface area (Å²) in [4.78, 5) is 4.53. The van der Waals surface area contributed by atoms with Crippen molar-refractivity contribution in [3.8, 4) is 0 Å². The number of rotatable bonds is 1. The lowest BCUT2D eigenvalue weighted by molar-refractivity contribution is 0.645. The number of thioether (sulfide) groups is 1. The summed E-state index contributed by atoms with van der Waals surface area (Å²) >= 11 is 5.56. The summed E-state index contributed by atoms with van der Waals surface area (Å²) < 4.78 is 1.12. The average molecular weight is 309 g/mol. The molecular weight excluding hydrogens is 296 g/mol. The van der Waals surface area contributed by atoms with Crippen LogP contribution in [-0.2, 0) is 0 Å². The van der Waals surface area contributed by atoms with Crippen LogP contribution >= 0.6 is 27.7 Å². The van der Waals surface area contributed by atoms with E-state index in [4.69, 9.17) is 0 Å². The molecule has 1 aromatic heterocycles. The van der Waals surface area contributed by atoms with Crippen LogP contribution in [0.2, 0.25) is 0 Å². The van der Waals surface area contributed by atoms with Crippen molar-refractivity contribution in [3.05, 3.63) is 40.5 Å². The van der Waals surface area contributed by atoms with E-state index in [2.05, 4.69) is 44.4 Å². The number of nitrogens with zero attached hydrogens (tertiary/aromatic N) is 1. The predicted molar refractivity (Wildman–Crippen MR) is 77.3 cm³/mol. The van der Waals surface area contributed by atoms with E-state index < -0.39 is 0 Å². The first kappa shape index (κ1) is 11.5. The fourth-order valence-corrected chi connectivity index (χ4v) is 3.74. The molecule has 0 saturated carbocycles. The van der Waals surface area contributed by atoms with Gasteiger partial charge < -0.3 is 5.32 Å². The zero-order valence-corrected chi connectivity index (χ0v) is 11.7. The molecule has 4 heteroatoms. The smallest absolute Gasteiger partial charge is 0.0810 e. The van der Waals surface area contributed by atoms with Crippen LogP contribution in [0.3, 0.4) is 0 Å². The minimum absolute atomic E-state index is 0.384. The first-order chi connectivity index (χ1) is 8.36. The maximum Gasteiger partial charge on any atom is 0.0810 e. The highest BCUT2D eigenvalue weighted by molar-refractivity contribution is 9.10. The maximum atomic E-state index is 4.53. The number of benzene rings is 1. The minimum Gasteiger partial charge on any atom is -0.302 e. The van der Waals surface area contributed by atoms with Gasteiger partial charge in [0.2, 0.25) is 0 Å². The van der Waals surface area contributed by atoms with Gasteiger partial charge >= 0.3 is 0 Å². The van der Waals surface area contributed by atoms with E-state index in [-0.39, 0.29) is 0 Å². The molecule has 3 rings (SSSR count). The number of pyridine rings is 1. The van der Waals surface area contributed by atoms with Crippen molar-refractivity contribution in [1.29, 1.82) is 0 Å². The molecule has 2 heterocycles. The van der Waals surface area contributed by atoms with E-state index in [1.54, 1.807) is 0 Å². The van der Waals surface area contributed by atoms with Gasteiger partial charge in [-0.1, -0.05) is 28.1 Å². The number of fused-ring (bicyclic) bond motifs is 1. The largest absolute Gasteiger partial charge is 0.302 e. The van der Waals surface area contributed by atoms with E-state index in [1.165, 1.54) is 23.1 Å². The molecule has 2 nitrogen and oxygen atoms in total. The Balaban J connectivity index is 2.12. The van der Waals surface area contributed by atoms with Crippen molar-refractivity contribution in [1.82, 2.24) is 10.3 Å². The fourth-order valence-electron chi connectivity index (χ4n) is 2.14. The standard InChI is InChI=1S/C13H13BrN2S/c14-11-5-4-10(13-16-7-2-8-17-13)12-9(11)3-1-6-15-12/h1,3-6,13,16H,2,7-8H2. The van der Waals surface area contributed by atoms with E-state index in [9.17, 15) is 0 Å². The molecule has 1 atom stereocenters. The Morgan fingerprint density at radius 1 is 1.35 bits per heavy atom. The normalized spacial score (nSPS) is 20.6. The van der Waals surface area contributed by atoms with Crippen LogP contribution in [0.5, 0.6) is 0 Å². The molecule has 88 valence electrons. The summed E-state index contributed by atoms with van der Waals surface area (Å²) in [7, 11) is 0. The second-order valence-corrected chi connectivity index (χ2v) is 6.16. The van der Waals surface area contributed by atoms with Gasteiger partial charge in [-0.05, 0) is 30.9 Å². The second kappa shape index (κ2) is 4.96. The third-order valence-corrected chi connectivity index (χ3v) is 4.94. The Kier molecular flexibility index (Phi) is 3.36. The number of hydrogen-bond donors (Lipinski definition) is 1. The quantitative estimate of drug-likeness (QED) is 0.869. The molecule has 1 N–H and O–H groups in total. The zero-order chi connectivity index (χ0) is 11.7. The Labute approximate surface area is 113 Å². The molecule has 1 aromatic carbocycles. The highest BCUT2D eigenvalue weighted by Crippen LogP contribution is 2.35. The van der Waals surface area contributed by atoms with Gasteiger partial charge in [-0.25, -0.2) is 0 Å². The molecule has 1 aliphatic heterocycles. The Morgan fingerprint density at radius 3 is 3.12 bits per heavy atom. The lowest BCUT2D eigenvalue weighted by Gasteiger charge is -2.24. The van der Waals surface area contributed by atoms with Crippen LogP contribution in [0.4, 0.5) is 0 Å². The number of halogens is 1. The molecule has 0 radical (unpaired) electrons. The Hall–Kier alpha value is -0.580. The first-order valence-electron chi connectivity index (χ1n) is 5.74. The summed E-state index contributed by atoms with van der Waals surface area (Å²) in [6, 6.07) is 8.40. The molecule has 1 fully saturated rings. The van der Waals surface area contributed by atoms with Crippen molar-refractivity contribution in [2.24, 2.45) is 0 Å². The van der Waals surface area contributed by atoms with E-state index in [1.807, 2.05) is 24.0 Å². The predicted octanol–water partition coefficient (Wildman–Crippen LogP) is 3.72. The van der Waals surface area contributed by atoms with Crippen LogP contribution in [0, 0.1) is 0 Å². The maximum absolute atomic E-state index is 4.53. The summed E-state index contributed by atoms with van der Waals surface area (Å²) in [5.41, 5.74) is 2.40. The van der Waals surface area contributed by atoms with Gasteiger partial charge in [0.15, 0.2) is 0 Å².